The number of aromatic nitrogens is 2. The lowest BCUT2D eigenvalue weighted by Gasteiger charge is -2.13. The number of nitrogens with one attached hydrogen (secondary N) is 1. The van der Waals surface area contributed by atoms with Crippen LogP contribution in [0, 0.1) is 0 Å². The Labute approximate surface area is 96.6 Å². The normalized spacial score (nSPS) is 24.1. The largest absolute Gasteiger partial charge is 0.391 e. The smallest absolute Gasteiger partial charge is 0.330 e. The van der Waals surface area contributed by atoms with Crippen molar-refractivity contribution < 1.29 is 14.6 Å². The van der Waals surface area contributed by atoms with E-state index in [4.69, 9.17) is 14.6 Å². The van der Waals surface area contributed by atoms with Crippen molar-refractivity contribution in [3.05, 3.63) is 32.6 Å². The van der Waals surface area contributed by atoms with Crippen LogP contribution in [0.4, 0.5) is 0 Å². The molecule has 0 bridgehead atoms. The molecule has 0 radical (unpaired) electrons. The SMILES string of the molecule is CCc1cn([C@@H]2CO[C@H](CO)O2)c(=O)[nH]c1=O. The topological polar surface area (TPSA) is 93.6 Å². The van der Waals surface area contributed by atoms with Crippen LogP contribution in [0.3, 0.4) is 0 Å². The Balaban J connectivity index is 2.33. The van der Waals surface area contributed by atoms with Gasteiger partial charge in [0.15, 0.2) is 12.5 Å². The van der Waals surface area contributed by atoms with Crippen LogP contribution in [0.1, 0.15) is 18.7 Å². The van der Waals surface area contributed by atoms with Gasteiger partial charge in [-0.05, 0) is 6.42 Å². The number of nitrogens with zero attached hydrogens (tertiary/aromatic N) is 1. The number of aromatic amines is 1. The van der Waals surface area contributed by atoms with E-state index in [-0.39, 0.29) is 18.8 Å². The fraction of sp³-hybridized carbons (Fsp3) is 0.600. The molecule has 1 aromatic heterocycles. The first-order valence-corrected chi connectivity index (χ1v) is 5.38. The lowest BCUT2D eigenvalue weighted by atomic mass is 10.2. The first-order chi connectivity index (χ1) is 8.15. The molecule has 1 aliphatic rings. The first-order valence-electron chi connectivity index (χ1n) is 5.38. The van der Waals surface area contributed by atoms with E-state index in [2.05, 4.69) is 4.98 Å². The van der Waals surface area contributed by atoms with Gasteiger partial charge in [-0.2, -0.15) is 0 Å². The average Bonchev–Trinajstić information content (AvgIpc) is 2.78. The predicted molar refractivity (Wildman–Crippen MR) is 57.6 cm³/mol. The van der Waals surface area contributed by atoms with Gasteiger partial charge in [0.2, 0.25) is 0 Å². The fourth-order valence-electron chi connectivity index (χ4n) is 1.68. The van der Waals surface area contributed by atoms with Crippen molar-refractivity contribution in [3.8, 4) is 0 Å². The number of aliphatic hydroxyl groups is 1. The monoisotopic (exact) mass is 242 g/mol. The van der Waals surface area contributed by atoms with Crippen molar-refractivity contribution in [2.45, 2.75) is 25.9 Å². The number of rotatable bonds is 3. The second-order valence-electron chi connectivity index (χ2n) is 3.71. The third-order valence-electron chi connectivity index (χ3n) is 2.62. The molecular weight excluding hydrogens is 228 g/mol. The molecule has 17 heavy (non-hydrogen) atoms. The van der Waals surface area contributed by atoms with Gasteiger partial charge in [0.1, 0.15) is 0 Å². The zero-order valence-corrected chi connectivity index (χ0v) is 9.38. The zero-order chi connectivity index (χ0) is 12.4. The van der Waals surface area contributed by atoms with Crippen LogP contribution >= 0.6 is 0 Å². The summed E-state index contributed by atoms with van der Waals surface area (Å²) in [4.78, 5) is 25.2. The number of H-pyrrole nitrogens is 1. The van der Waals surface area contributed by atoms with E-state index >= 15 is 0 Å². The Morgan fingerprint density at radius 3 is 2.94 bits per heavy atom. The highest BCUT2D eigenvalue weighted by atomic mass is 16.7. The lowest BCUT2D eigenvalue weighted by molar-refractivity contribution is -0.0993. The third-order valence-corrected chi connectivity index (χ3v) is 2.62. The van der Waals surface area contributed by atoms with E-state index in [1.165, 1.54) is 10.8 Å². The van der Waals surface area contributed by atoms with Crippen LogP contribution in [-0.2, 0) is 15.9 Å². The molecule has 7 nitrogen and oxygen atoms in total. The van der Waals surface area contributed by atoms with Gasteiger partial charge >= 0.3 is 5.69 Å². The molecule has 2 heterocycles. The lowest BCUT2D eigenvalue weighted by Crippen LogP contribution is -2.34. The summed E-state index contributed by atoms with van der Waals surface area (Å²) in [6.07, 6.45) is 0.660. The van der Waals surface area contributed by atoms with Gasteiger partial charge in [0.25, 0.3) is 5.56 Å². The molecule has 94 valence electrons. The van der Waals surface area contributed by atoms with Gasteiger partial charge in [0, 0.05) is 11.8 Å². The molecule has 0 aromatic carbocycles. The summed E-state index contributed by atoms with van der Waals surface area (Å²) >= 11 is 0. The summed E-state index contributed by atoms with van der Waals surface area (Å²) in [6.45, 7) is 1.72. The van der Waals surface area contributed by atoms with Crippen molar-refractivity contribution in [2.24, 2.45) is 0 Å². The van der Waals surface area contributed by atoms with Crippen LogP contribution in [-0.4, -0.2) is 34.2 Å². The van der Waals surface area contributed by atoms with Crippen molar-refractivity contribution in [2.75, 3.05) is 13.2 Å². The van der Waals surface area contributed by atoms with Gasteiger partial charge in [-0.15, -0.1) is 0 Å². The highest BCUT2D eigenvalue weighted by Crippen LogP contribution is 2.18. The Morgan fingerprint density at radius 2 is 2.35 bits per heavy atom. The van der Waals surface area contributed by atoms with Crippen molar-refractivity contribution in [1.82, 2.24) is 9.55 Å². The van der Waals surface area contributed by atoms with E-state index in [0.29, 0.717) is 12.0 Å². The Hall–Kier alpha value is -1.44. The minimum atomic E-state index is -0.719. The van der Waals surface area contributed by atoms with Crippen LogP contribution in [0.2, 0.25) is 0 Å². The maximum absolute atomic E-state index is 11.6. The number of hydrogen-bond acceptors (Lipinski definition) is 5. The molecule has 0 saturated carbocycles. The molecule has 1 fully saturated rings. The highest BCUT2D eigenvalue weighted by Gasteiger charge is 2.27. The molecular formula is C10H14N2O5. The van der Waals surface area contributed by atoms with Gasteiger partial charge in [-0.3, -0.25) is 14.3 Å². The van der Waals surface area contributed by atoms with Gasteiger partial charge in [-0.25, -0.2) is 4.79 Å². The van der Waals surface area contributed by atoms with E-state index in [1.54, 1.807) is 0 Å². The van der Waals surface area contributed by atoms with Crippen LogP contribution < -0.4 is 11.2 Å². The first kappa shape index (κ1) is 12.0. The molecule has 1 saturated heterocycles. The summed E-state index contributed by atoms with van der Waals surface area (Å²) in [5, 5.41) is 8.85. The number of hydrogen-bond donors (Lipinski definition) is 2. The summed E-state index contributed by atoms with van der Waals surface area (Å²) in [5.41, 5.74) is -0.425. The molecule has 0 unspecified atom stereocenters. The second kappa shape index (κ2) is 4.82. The van der Waals surface area contributed by atoms with Gasteiger partial charge < -0.3 is 14.6 Å². The summed E-state index contributed by atoms with van der Waals surface area (Å²) in [7, 11) is 0. The van der Waals surface area contributed by atoms with E-state index in [1.807, 2.05) is 6.92 Å². The van der Waals surface area contributed by atoms with E-state index in [9.17, 15) is 9.59 Å². The fourth-order valence-corrected chi connectivity index (χ4v) is 1.68. The summed E-state index contributed by atoms with van der Waals surface area (Å²) in [6, 6.07) is 0. The Bertz CT molecular complexity index is 506. The quantitative estimate of drug-likeness (QED) is 0.706. The molecule has 7 heteroatoms. The number of ether oxygens (including phenoxy) is 2. The van der Waals surface area contributed by atoms with Crippen molar-refractivity contribution >= 4 is 0 Å². The molecule has 2 N–H and O–H groups in total. The Kier molecular flexibility index (Phi) is 3.41. The van der Waals surface area contributed by atoms with Gasteiger partial charge in [0.05, 0.1) is 13.2 Å². The average molecular weight is 242 g/mol. The molecule has 1 aliphatic heterocycles. The van der Waals surface area contributed by atoms with Crippen LogP contribution in [0.15, 0.2) is 15.8 Å². The molecule has 1 aromatic rings. The van der Waals surface area contributed by atoms with Crippen molar-refractivity contribution in [3.63, 3.8) is 0 Å². The van der Waals surface area contributed by atoms with E-state index < -0.39 is 18.2 Å². The molecule has 0 aliphatic carbocycles. The highest BCUT2D eigenvalue weighted by molar-refractivity contribution is 5.04. The standard InChI is InChI=1S/C10H14N2O5/c1-2-6-3-12(10(15)11-9(6)14)7-5-16-8(4-13)17-7/h3,7-8,13H,2,4-5H2,1H3,(H,11,14,15)/t7-,8-/m0/s1. The number of aryl methyl sites for hydroxylation is 1. The molecule has 0 spiro atoms. The minimum absolute atomic E-state index is 0.167. The predicted octanol–water partition coefficient (Wildman–Crippen LogP) is -1.04. The second-order valence-corrected chi connectivity index (χ2v) is 3.71. The Morgan fingerprint density at radius 1 is 1.59 bits per heavy atom. The maximum Gasteiger partial charge on any atom is 0.330 e. The molecule has 0 amide bonds. The molecule has 2 rings (SSSR count). The summed E-state index contributed by atoms with van der Waals surface area (Å²) in [5.74, 6) is 0. The minimum Gasteiger partial charge on any atom is -0.391 e. The van der Waals surface area contributed by atoms with Crippen LogP contribution in [0.5, 0.6) is 0 Å². The van der Waals surface area contributed by atoms with Crippen molar-refractivity contribution in [1.29, 1.82) is 0 Å². The maximum atomic E-state index is 11.6. The molecule has 2 atom stereocenters. The van der Waals surface area contributed by atoms with E-state index in [0.717, 1.165) is 0 Å². The van der Waals surface area contributed by atoms with Crippen LogP contribution in [0.25, 0.3) is 0 Å². The third kappa shape index (κ3) is 2.31. The summed E-state index contributed by atoms with van der Waals surface area (Å²) < 4.78 is 11.7. The zero-order valence-electron chi connectivity index (χ0n) is 9.38. The van der Waals surface area contributed by atoms with Gasteiger partial charge in [-0.1, -0.05) is 6.92 Å². The number of aliphatic hydroxyl groups excluding tert-OH is 1.